The fraction of sp³-hybridized carbons (Fsp3) is 0.402. The summed E-state index contributed by atoms with van der Waals surface area (Å²) in [6, 6.07) is 69.3. The number of esters is 2. The minimum absolute atomic E-state index is 0.00202. The van der Waals surface area contributed by atoms with Gasteiger partial charge in [-0.15, -0.1) is 0 Å². The second-order valence-electron chi connectivity index (χ2n) is 38.7. The molecule has 24 nitrogen and oxygen atoms in total. The Morgan fingerprint density at radius 2 is 0.842 bits per heavy atom. The van der Waals surface area contributed by atoms with E-state index in [1.165, 1.54) is 6.07 Å². The first kappa shape index (κ1) is 97.6. The van der Waals surface area contributed by atoms with Gasteiger partial charge >= 0.3 is 11.9 Å². The number of nitrogens with one attached hydrogen (secondary N) is 6. The molecule has 8 heterocycles. The van der Waals surface area contributed by atoms with Crippen LogP contribution >= 0.6 is 0 Å². The number of anilines is 2. The van der Waals surface area contributed by atoms with E-state index in [4.69, 9.17) is 32.5 Å². The van der Waals surface area contributed by atoms with Gasteiger partial charge in [0.05, 0.1) is 36.5 Å². The van der Waals surface area contributed by atoms with Crippen LogP contribution in [0.15, 0.2) is 246 Å². The smallest absolute Gasteiger partial charge is 0.348 e. The van der Waals surface area contributed by atoms with Crippen molar-refractivity contribution >= 4 is 73.6 Å². The van der Waals surface area contributed by atoms with Crippen LogP contribution in [0.5, 0.6) is 23.0 Å². The number of phenolic OH excluding ortho intramolecular Hbond substituents is 1. The molecule has 4 bridgehead atoms. The summed E-state index contributed by atoms with van der Waals surface area (Å²) in [6.45, 7) is 31.9. The first-order valence-corrected chi connectivity index (χ1v) is 52.8. The van der Waals surface area contributed by atoms with Gasteiger partial charge in [0.25, 0.3) is 11.8 Å². The Morgan fingerprint density at radius 3 is 1.26 bits per heavy atom. The number of phenols is 1. The Labute approximate surface area is 782 Å². The molecule has 6 aliphatic heterocycles. The van der Waals surface area contributed by atoms with Crippen molar-refractivity contribution in [2.24, 2.45) is 11.8 Å². The Morgan fingerprint density at radius 1 is 0.444 bits per heavy atom. The zero-order chi connectivity index (χ0) is 94.1. The van der Waals surface area contributed by atoms with Gasteiger partial charge in [-0.05, 0) is 276 Å². The number of aromatic nitrogens is 2. The second kappa shape index (κ2) is 43.7. The summed E-state index contributed by atoms with van der Waals surface area (Å²) in [6.07, 6.45) is 8.31. The molecule has 2 unspecified atom stereocenters. The number of carbonyl (C=O) groups excluding carboxylic acids is 4. The zero-order valence-electron chi connectivity index (χ0n) is 78.3. The van der Waals surface area contributed by atoms with Crippen molar-refractivity contribution in [1.29, 1.82) is 0 Å². The molecular weight excluding hydrogens is 1710 g/mol. The maximum absolute atomic E-state index is 14.0. The number of amides is 2. The lowest BCUT2D eigenvalue weighted by atomic mass is 9.84. The van der Waals surface area contributed by atoms with Crippen molar-refractivity contribution in [3.63, 3.8) is 0 Å². The van der Waals surface area contributed by atoms with Crippen molar-refractivity contribution in [2.45, 2.75) is 184 Å². The number of ether oxygens (including phenoxy) is 5. The third kappa shape index (κ3) is 24.4. The van der Waals surface area contributed by atoms with E-state index in [0.717, 1.165) is 131 Å². The fourth-order valence-corrected chi connectivity index (χ4v) is 20.0. The number of piperidine rings is 6. The molecule has 6 saturated heterocycles. The van der Waals surface area contributed by atoms with Gasteiger partial charge in [0, 0.05) is 82.7 Å². The molecule has 0 radical (unpaired) electrons. The van der Waals surface area contributed by atoms with Crippen LogP contribution in [0.2, 0.25) is 36.3 Å². The van der Waals surface area contributed by atoms with Crippen LogP contribution in [-0.4, -0.2) is 166 Å². The number of H-pyrrole nitrogens is 2. The molecule has 0 saturated carbocycles. The van der Waals surface area contributed by atoms with Crippen molar-refractivity contribution in [2.75, 3.05) is 89.3 Å². The average Bonchev–Trinajstić information content (AvgIpc) is 0.779. The summed E-state index contributed by atoms with van der Waals surface area (Å²) in [4.78, 5) is 89.8. The van der Waals surface area contributed by atoms with E-state index >= 15 is 0 Å². The first-order valence-electron chi connectivity index (χ1n) is 47.0. The van der Waals surface area contributed by atoms with Gasteiger partial charge < -0.3 is 79.1 Å². The number of fused-ring (bicyclic) bond motifs is 8. The number of rotatable bonds is 39. The lowest BCUT2D eigenvalue weighted by Crippen LogP contribution is -2.53. The lowest BCUT2D eigenvalue weighted by Gasteiger charge is -2.44. The van der Waals surface area contributed by atoms with Gasteiger partial charge in [0.1, 0.15) is 41.8 Å². The zero-order valence-corrected chi connectivity index (χ0v) is 80.3. The molecule has 0 spiro atoms. The quantitative estimate of drug-likeness (QED) is 0.00982. The van der Waals surface area contributed by atoms with Gasteiger partial charge in [-0.3, -0.25) is 29.0 Å². The van der Waals surface area contributed by atoms with Gasteiger partial charge in [0.2, 0.25) is 22.3 Å². The van der Waals surface area contributed by atoms with Gasteiger partial charge in [-0.1, -0.05) is 169 Å². The van der Waals surface area contributed by atoms with Crippen LogP contribution in [0.4, 0.5) is 11.4 Å². The molecule has 26 heteroatoms. The van der Waals surface area contributed by atoms with Crippen molar-refractivity contribution < 1.29 is 67.0 Å². The standard InChI is InChI=1S/C57H68N4O8Si.C50H62N4O8Si/c1-56(2,3)70(4,5)69-50(47-26-28-49(53-48(47)27-29-52(62)60-53)67-39-40-16-9-6-10-17-40)37-58-32-13-8-14-35-66-46-24-22-42(23-25-46)54(63)59-45-21-15-20-44(36-45)57(65,43-18-11-7-12-19-43)55(64)68-51-38-61-33-30-41(51)31-34-61;1-49(2,3)63(4,5)62-43(40-21-23-42(55)46-41(40)22-24-45(56)53-46)32-51-27-10-7-11-30-60-39-19-17-35(18-20-39)47(57)52-38-16-12-15-37(31-38)50(59,36-13-8-6-9-14-36)48(58)61-44-33-54-28-25-34(44)26-29-54/h6-7,9-12,15-29,36,41,50-51,58,65H,8,13-14,30-35,37-39H2,1-5H3,(H,59,63)(H,60,62);6,8-9,12-24,31,34,43-44,51,55,59H,7,10-11,25-30,32-33H2,1-5H3,(H,52,57)(H,53,56)/t50-,51?,57+;43-,44?,50+/m00/s1. The number of aliphatic hydroxyl groups is 2. The van der Waals surface area contributed by atoms with E-state index in [9.17, 15) is 44.1 Å². The monoisotopic (exact) mass is 1840 g/mol. The Hall–Kier alpha value is -11.4. The maximum Gasteiger partial charge on any atom is 0.348 e. The number of carbonyl (C=O) groups is 4. The van der Waals surface area contributed by atoms with Crippen molar-refractivity contribution in [1.82, 2.24) is 30.4 Å². The van der Waals surface area contributed by atoms with Gasteiger partial charge in [0.15, 0.2) is 16.6 Å². The highest BCUT2D eigenvalue weighted by atomic mass is 28.4. The summed E-state index contributed by atoms with van der Waals surface area (Å²) < 4.78 is 44.5. The van der Waals surface area contributed by atoms with Gasteiger partial charge in [-0.2, -0.15) is 0 Å². The first-order chi connectivity index (χ1) is 63.8. The highest BCUT2D eigenvalue weighted by Gasteiger charge is 2.49. The summed E-state index contributed by atoms with van der Waals surface area (Å²) in [5.41, 5.74) is 2.60. The summed E-state index contributed by atoms with van der Waals surface area (Å²) in [7, 11) is -4.38. The van der Waals surface area contributed by atoms with E-state index < -0.39 is 39.8 Å². The van der Waals surface area contributed by atoms with E-state index in [1.54, 1.807) is 164 Å². The van der Waals surface area contributed by atoms with Crippen LogP contribution in [0, 0.1) is 11.8 Å². The molecule has 11 aromatic rings. The van der Waals surface area contributed by atoms with E-state index in [0.29, 0.717) is 119 Å². The Balaban J connectivity index is 0.000000215. The van der Waals surface area contributed by atoms with Crippen LogP contribution in [0.3, 0.4) is 0 Å². The largest absolute Gasteiger partial charge is 0.506 e. The normalized spacial score (nSPS) is 18.6. The lowest BCUT2D eigenvalue weighted by molar-refractivity contribution is -0.177. The predicted molar refractivity (Wildman–Crippen MR) is 527 cm³/mol. The molecule has 0 aliphatic carbocycles. The highest BCUT2D eigenvalue weighted by Crippen LogP contribution is 2.45. The topological polar surface area (TPSA) is 314 Å². The van der Waals surface area contributed by atoms with E-state index in [1.807, 2.05) is 60.7 Å². The number of hydrogen-bond acceptors (Lipinski definition) is 20. The number of aromatic hydroxyl groups is 1. The van der Waals surface area contributed by atoms with Gasteiger partial charge in [-0.25, -0.2) is 9.59 Å². The molecule has 9 N–H and O–H groups in total. The predicted octanol–water partition coefficient (Wildman–Crippen LogP) is 18.4. The summed E-state index contributed by atoms with van der Waals surface area (Å²) in [5.74, 6) is 0.433. The van der Waals surface area contributed by atoms with Crippen molar-refractivity contribution in [3.8, 4) is 23.0 Å². The van der Waals surface area contributed by atoms with Crippen LogP contribution in [-0.2, 0) is 45.7 Å². The third-order valence-electron chi connectivity index (χ3n) is 27.4. The molecule has 133 heavy (non-hydrogen) atoms. The summed E-state index contributed by atoms with van der Waals surface area (Å²) >= 11 is 0. The van der Waals surface area contributed by atoms with Crippen LogP contribution < -0.4 is 46.6 Å². The molecule has 2 aromatic heterocycles. The summed E-state index contributed by atoms with van der Waals surface area (Å²) in [5, 5.41) is 49.7. The van der Waals surface area contributed by atoms with Crippen LogP contribution in [0.1, 0.15) is 178 Å². The number of unbranched alkanes of at least 4 members (excludes halogenated alkanes) is 4. The minimum atomic E-state index is -2.20. The number of nitrogens with zero attached hydrogens (tertiary/aromatic N) is 2. The fourth-order valence-electron chi connectivity index (χ4n) is 17.5. The average molecular weight is 1840 g/mol. The molecule has 9 aromatic carbocycles. The molecule has 17 rings (SSSR count). The molecule has 6 fully saturated rings. The van der Waals surface area contributed by atoms with E-state index in [-0.39, 0.29) is 75.0 Å². The Kier molecular flexibility index (Phi) is 32.1. The number of benzene rings is 9. The molecule has 6 atom stereocenters. The Bertz CT molecular complexity index is 5880. The highest BCUT2D eigenvalue weighted by molar-refractivity contribution is 6.74. The third-order valence-corrected chi connectivity index (χ3v) is 36.4. The van der Waals surface area contributed by atoms with E-state index in [2.05, 4.69) is 115 Å². The minimum Gasteiger partial charge on any atom is -0.506 e. The molecule has 6 aliphatic rings. The van der Waals surface area contributed by atoms with Crippen molar-refractivity contribution in [3.05, 3.63) is 307 Å². The SMILES string of the molecule is CC(C)(C)[Si](C)(C)O[C@@H](CNCCCCCOc1ccc(C(=O)Nc2cccc([C@@](O)(C(=O)OC3CN4CCC3CC4)c3ccccc3)c2)cc1)c1ccc(O)c2[nH]c(=O)ccc12.CC(C)(C)[Si](C)(C)O[C@@H](CNCCCCCOc1ccc(C(=O)Nc2cccc([C@@](O)(C(=O)OC3CN4CCC3CC4)c3ccccc3)c2)cc1)c1ccc(OCc2ccccc2)c2[nH]c(=O)ccc12. The molecule has 702 valence electrons. The molecular formula is C107H130N8O16Si2. The second-order valence-corrected chi connectivity index (χ2v) is 48.2. The van der Waals surface area contributed by atoms with Crippen LogP contribution in [0.25, 0.3) is 21.8 Å². The maximum atomic E-state index is 14.0. The number of pyridine rings is 2. The number of hydrogen-bond donors (Lipinski definition) is 9. The number of aromatic amines is 2. The molecule has 2 amide bonds.